The molecule has 3 heterocycles. The van der Waals surface area contributed by atoms with E-state index in [1.807, 2.05) is 9.80 Å². The van der Waals surface area contributed by atoms with E-state index in [0.717, 1.165) is 57.2 Å². The van der Waals surface area contributed by atoms with Gasteiger partial charge in [0, 0.05) is 37.0 Å². The lowest BCUT2D eigenvalue weighted by Gasteiger charge is -2.34. The van der Waals surface area contributed by atoms with E-state index in [1.54, 1.807) is 0 Å². The average molecular weight is 420 g/mol. The number of carbonyl (C=O) groups excluding carboxylic acids is 3. The van der Waals surface area contributed by atoms with E-state index >= 15 is 0 Å². The molecule has 1 N–H and O–H groups in total. The quantitative estimate of drug-likeness (QED) is 0.763. The van der Waals surface area contributed by atoms with Gasteiger partial charge in [-0.3, -0.25) is 4.79 Å². The second-order valence-electron chi connectivity index (χ2n) is 8.13. The van der Waals surface area contributed by atoms with Gasteiger partial charge in [0.1, 0.15) is 5.00 Å². The molecule has 0 bridgehead atoms. The number of hydrogen-bond acceptors (Lipinski definition) is 5. The van der Waals surface area contributed by atoms with E-state index in [9.17, 15) is 14.4 Å². The van der Waals surface area contributed by atoms with Crippen LogP contribution in [0.2, 0.25) is 0 Å². The van der Waals surface area contributed by atoms with E-state index in [2.05, 4.69) is 5.32 Å². The third kappa shape index (κ3) is 4.13. The van der Waals surface area contributed by atoms with Crippen LogP contribution in [0.3, 0.4) is 0 Å². The monoisotopic (exact) mass is 419 g/mol. The number of nitrogens with zero attached hydrogens (tertiary/aromatic N) is 2. The number of fused-ring (bicyclic) bond motifs is 1. The number of methoxy groups -OCH3 is 1. The number of piperidine rings is 1. The fraction of sp³-hybridized carbons (Fsp3) is 0.667. The smallest absolute Gasteiger partial charge is 0.341 e. The standard InChI is InChI=1S/C21H29N3O4S/c1-28-20(26)17-15-6-2-3-7-16(15)29-19(17)22-18(25)14-8-12-24(13-9-14)21(27)23-10-4-5-11-23/h14H,2-13H2,1H3,(H,22,25). The van der Waals surface area contributed by atoms with Crippen molar-refractivity contribution in [3.63, 3.8) is 0 Å². The number of thiophene rings is 1. The van der Waals surface area contributed by atoms with Crippen LogP contribution in [0.5, 0.6) is 0 Å². The van der Waals surface area contributed by atoms with Crippen LogP contribution in [-0.4, -0.2) is 61.0 Å². The van der Waals surface area contributed by atoms with Gasteiger partial charge in [-0.15, -0.1) is 11.3 Å². The molecule has 4 rings (SSSR count). The minimum Gasteiger partial charge on any atom is -0.465 e. The summed E-state index contributed by atoms with van der Waals surface area (Å²) in [7, 11) is 1.38. The van der Waals surface area contributed by atoms with E-state index in [-0.39, 0.29) is 23.8 Å². The Morgan fingerprint density at radius 3 is 2.31 bits per heavy atom. The normalized spacial score (nSPS) is 19.8. The lowest BCUT2D eigenvalue weighted by molar-refractivity contribution is -0.121. The molecule has 0 unspecified atom stereocenters. The van der Waals surface area contributed by atoms with Crippen LogP contribution in [0.15, 0.2) is 0 Å². The maximum absolute atomic E-state index is 12.9. The van der Waals surface area contributed by atoms with Crippen LogP contribution in [0.1, 0.15) is 59.3 Å². The van der Waals surface area contributed by atoms with Crippen molar-refractivity contribution in [1.29, 1.82) is 0 Å². The summed E-state index contributed by atoms with van der Waals surface area (Å²) < 4.78 is 4.99. The number of carbonyl (C=O) groups is 3. The second-order valence-corrected chi connectivity index (χ2v) is 9.24. The highest BCUT2D eigenvalue weighted by molar-refractivity contribution is 7.17. The minimum atomic E-state index is -0.370. The molecule has 29 heavy (non-hydrogen) atoms. The minimum absolute atomic E-state index is 0.0537. The lowest BCUT2D eigenvalue weighted by atomic mass is 9.94. The molecule has 8 heteroatoms. The first-order valence-corrected chi connectivity index (χ1v) is 11.5. The molecule has 1 aliphatic carbocycles. The number of aryl methyl sites for hydroxylation is 1. The molecule has 0 aromatic carbocycles. The van der Waals surface area contributed by atoms with Gasteiger partial charge in [0.15, 0.2) is 0 Å². The van der Waals surface area contributed by atoms with Crippen LogP contribution in [0.25, 0.3) is 0 Å². The Morgan fingerprint density at radius 2 is 1.62 bits per heavy atom. The maximum atomic E-state index is 12.9. The van der Waals surface area contributed by atoms with Gasteiger partial charge in [-0.1, -0.05) is 0 Å². The van der Waals surface area contributed by atoms with E-state index in [4.69, 9.17) is 4.74 Å². The summed E-state index contributed by atoms with van der Waals surface area (Å²) >= 11 is 1.52. The molecule has 7 nitrogen and oxygen atoms in total. The first-order chi connectivity index (χ1) is 14.1. The number of amides is 3. The van der Waals surface area contributed by atoms with Crippen molar-refractivity contribution in [1.82, 2.24) is 9.80 Å². The summed E-state index contributed by atoms with van der Waals surface area (Å²) in [6, 6.07) is 0.111. The van der Waals surface area contributed by atoms with Gasteiger partial charge >= 0.3 is 12.0 Å². The average Bonchev–Trinajstić information content (AvgIpc) is 3.40. The van der Waals surface area contributed by atoms with Crippen molar-refractivity contribution in [2.75, 3.05) is 38.6 Å². The Kier molecular flexibility index (Phi) is 6.08. The highest BCUT2D eigenvalue weighted by Crippen LogP contribution is 2.39. The molecule has 1 aromatic rings. The molecule has 1 aromatic heterocycles. The summed E-state index contributed by atoms with van der Waals surface area (Å²) in [6.45, 7) is 2.91. The van der Waals surface area contributed by atoms with Crippen molar-refractivity contribution in [3.05, 3.63) is 16.0 Å². The van der Waals surface area contributed by atoms with Crippen molar-refractivity contribution in [2.24, 2.45) is 5.92 Å². The third-order valence-corrected chi connectivity index (χ3v) is 7.52. The Hall–Kier alpha value is -2.09. The summed E-state index contributed by atoms with van der Waals surface area (Å²) in [5.41, 5.74) is 1.59. The fourth-order valence-corrected chi connectivity index (χ4v) is 5.91. The van der Waals surface area contributed by atoms with Gasteiger partial charge in [-0.25, -0.2) is 9.59 Å². The lowest BCUT2D eigenvalue weighted by Crippen LogP contribution is -2.47. The summed E-state index contributed by atoms with van der Waals surface area (Å²) in [6.07, 6.45) is 7.47. The SMILES string of the molecule is COC(=O)c1c(NC(=O)C2CCN(C(=O)N3CCCC3)CC2)sc2c1CCCC2. The molecule has 158 valence electrons. The maximum Gasteiger partial charge on any atom is 0.341 e. The van der Waals surface area contributed by atoms with E-state index in [0.29, 0.717) is 36.5 Å². The third-order valence-electron chi connectivity index (χ3n) is 6.31. The Balaban J connectivity index is 1.39. The predicted octanol–water partition coefficient (Wildman–Crippen LogP) is 3.28. The molecular formula is C21H29N3O4S. The molecule has 3 amide bonds. The van der Waals surface area contributed by atoms with Gasteiger partial charge in [0.2, 0.25) is 5.91 Å². The van der Waals surface area contributed by atoms with Crippen molar-refractivity contribution in [2.45, 2.75) is 51.4 Å². The zero-order valence-electron chi connectivity index (χ0n) is 17.0. The van der Waals surface area contributed by atoms with Gasteiger partial charge in [0.05, 0.1) is 12.7 Å². The number of hydrogen-bond donors (Lipinski definition) is 1. The second kappa shape index (κ2) is 8.73. The largest absolute Gasteiger partial charge is 0.465 e. The summed E-state index contributed by atoms with van der Waals surface area (Å²) in [5.74, 6) is -0.560. The predicted molar refractivity (Wildman–Crippen MR) is 111 cm³/mol. The Bertz CT molecular complexity index is 792. The molecule has 2 fully saturated rings. The Labute approximate surface area is 175 Å². The topological polar surface area (TPSA) is 79.0 Å². The summed E-state index contributed by atoms with van der Waals surface area (Å²) in [4.78, 5) is 42.8. The fourth-order valence-electron chi connectivity index (χ4n) is 4.63. The number of ether oxygens (including phenoxy) is 1. The molecule has 0 spiro atoms. The van der Waals surface area contributed by atoms with Crippen LogP contribution in [-0.2, 0) is 22.4 Å². The zero-order valence-corrected chi connectivity index (χ0v) is 17.8. The van der Waals surface area contributed by atoms with Crippen LogP contribution in [0.4, 0.5) is 9.80 Å². The van der Waals surface area contributed by atoms with Crippen molar-refractivity contribution in [3.8, 4) is 0 Å². The molecule has 0 radical (unpaired) electrons. The van der Waals surface area contributed by atoms with Crippen LogP contribution < -0.4 is 5.32 Å². The molecule has 2 saturated heterocycles. The molecule has 2 aliphatic heterocycles. The number of nitrogens with one attached hydrogen (secondary N) is 1. The Morgan fingerprint density at radius 1 is 0.966 bits per heavy atom. The van der Waals surface area contributed by atoms with Gasteiger partial charge < -0.3 is 19.9 Å². The van der Waals surface area contributed by atoms with E-state index < -0.39 is 0 Å². The van der Waals surface area contributed by atoms with E-state index in [1.165, 1.54) is 23.3 Å². The van der Waals surface area contributed by atoms with Crippen molar-refractivity contribution >= 4 is 34.2 Å². The van der Waals surface area contributed by atoms with Gasteiger partial charge in [0.25, 0.3) is 0 Å². The molecular weight excluding hydrogens is 390 g/mol. The zero-order chi connectivity index (χ0) is 20.4. The van der Waals surface area contributed by atoms with Crippen molar-refractivity contribution < 1.29 is 19.1 Å². The van der Waals surface area contributed by atoms with Gasteiger partial charge in [-0.2, -0.15) is 0 Å². The van der Waals surface area contributed by atoms with Crippen LogP contribution in [0, 0.1) is 5.92 Å². The molecule has 0 saturated carbocycles. The van der Waals surface area contributed by atoms with Crippen LogP contribution >= 0.6 is 11.3 Å². The highest BCUT2D eigenvalue weighted by atomic mass is 32.1. The number of esters is 1. The highest BCUT2D eigenvalue weighted by Gasteiger charge is 2.32. The number of likely N-dealkylation sites (tertiary alicyclic amines) is 2. The molecule has 0 atom stereocenters. The first-order valence-electron chi connectivity index (χ1n) is 10.7. The molecule has 3 aliphatic rings. The summed E-state index contributed by atoms with van der Waals surface area (Å²) in [5, 5.41) is 3.65. The number of anilines is 1. The van der Waals surface area contributed by atoms with Gasteiger partial charge in [-0.05, 0) is 56.9 Å². The first kappa shape index (κ1) is 20.2. The number of rotatable bonds is 3. The number of urea groups is 1.